The van der Waals surface area contributed by atoms with Crippen molar-refractivity contribution in [3.05, 3.63) is 0 Å². The van der Waals surface area contributed by atoms with E-state index in [1.807, 2.05) is 0 Å². The van der Waals surface area contributed by atoms with Gasteiger partial charge >= 0.3 is 0 Å². The van der Waals surface area contributed by atoms with Crippen molar-refractivity contribution in [2.45, 2.75) is 102 Å². The highest BCUT2D eigenvalue weighted by molar-refractivity contribution is 5.75. The molecule has 0 aliphatic rings. The van der Waals surface area contributed by atoms with Crippen LogP contribution in [0.1, 0.15) is 96.3 Å². The van der Waals surface area contributed by atoms with Crippen molar-refractivity contribution in [1.82, 2.24) is 5.32 Å². The van der Waals surface area contributed by atoms with Gasteiger partial charge in [-0.3, -0.25) is 9.59 Å². The number of hydrogen-bond acceptors (Lipinski definition) is 4. The first-order chi connectivity index (χ1) is 12.6. The SMILES string of the molecule is NC(=O)CCCCCC(O)CCCCCCCCCCC(=O)NCCO. The molecule has 6 nitrogen and oxygen atoms in total. The van der Waals surface area contributed by atoms with Crippen LogP contribution >= 0.6 is 0 Å². The van der Waals surface area contributed by atoms with E-state index >= 15 is 0 Å². The first kappa shape index (κ1) is 24.9. The quantitative estimate of drug-likeness (QED) is 0.261. The van der Waals surface area contributed by atoms with Gasteiger partial charge in [-0.15, -0.1) is 0 Å². The molecule has 154 valence electrons. The summed E-state index contributed by atoms with van der Waals surface area (Å²) < 4.78 is 0. The van der Waals surface area contributed by atoms with Gasteiger partial charge in [-0.1, -0.05) is 57.8 Å². The summed E-state index contributed by atoms with van der Waals surface area (Å²) in [5, 5.41) is 21.2. The smallest absolute Gasteiger partial charge is 0.220 e. The van der Waals surface area contributed by atoms with Crippen LogP contribution in [0.5, 0.6) is 0 Å². The molecule has 0 aromatic rings. The average Bonchev–Trinajstić information content (AvgIpc) is 2.60. The number of rotatable bonds is 19. The lowest BCUT2D eigenvalue weighted by atomic mass is 10.0. The number of carbonyl (C=O) groups excluding carboxylic acids is 2. The molecule has 0 heterocycles. The summed E-state index contributed by atoms with van der Waals surface area (Å²) in [6, 6.07) is 0. The summed E-state index contributed by atoms with van der Waals surface area (Å²) in [5.41, 5.74) is 5.09. The highest BCUT2D eigenvalue weighted by Crippen LogP contribution is 2.14. The molecule has 0 aromatic carbocycles. The van der Waals surface area contributed by atoms with Crippen LogP contribution in [0.15, 0.2) is 0 Å². The van der Waals surface area contributed by atoms with Gasteiger partial charge < -0.3 is 21.3 Å². The predicted molar refractivity (Wildman–Crippen MR) is 105 cm³/mol. The second-order valence-corrected chi connectivity index (χ2v) is 7.16. The van der Waals surface area contributed by atoms with Crippen molar-refractivity contribution in [3.8, 4) is 0 Å². The molecule has 26 heavy (non-hydrogen) atoms. The van der Waals surface area contributed by atoms with Gasteiger partial charge in [0.15, 0.2) is 0 Å². The van der Waals surface area contributed by atoms with Gasteiger partial charge in [0, 0.05) is 19.4 Å². The number of aliphatic hydroxyl groups is 2. The van der Waals surface area contributed by atoms with Gasteiger partial charge in [0.2, 0.25) is 11.8 Å². The van der Waals surface area contributed by atoms with E-state index in [2.05, 4.69) is 5.32 Å². The van der Waals surface area contributed by atoms with Crippen molar-refractivity contribution in [2.24, 2.45) is 5.73 Å². The molecule has 1 atom stereocenters. The van der Waals surface area contributed by atoms with Crippen LogP contribution in [0.3, 0.4) is 0 Å². The predicted octanol–water partition coefficient (Wildman–Crippen LogP) is 2.79. The third-order valence-corrected chi connectivity index (χ3v) is 4.59. The topological polar surface area (TPSA) is 113 Å². The van der Waals surface area contributed by atoms with Crippen molar-refractivity contribution in [1.29, 1.82) is 0 Å². The Hall–Kier alpha value is -1.14. The minimum absolute atomic E-state index is 0.000272. The van der Waals surface area contributed by atoms with E-state index in [1.165, 1.54) is 32.1 Å². The number of aliphatic hydroxyl groups excluding tert-OH is 2. The minimum atomic E-state index is -0.242. The fraction of sp³-hybridized carbons (Fsp3) is 0.900. The fourth-order valence-corrected chi connectivity index (χ4v) is 3.01. The molecule has 0 aliphatic carbocycles. The first-order valence-corrected chi connectivity index (χ1v) is 10.4. The maximum Gasteiger partial charge on any atom is 0.220 e. The number of nitrogens with one attached hydrogen (secondary N) is 1. The third-order valence-electron chi connectivity index (χ3n) is 4.59. The van der Waals surface area contributed by atoms with Gasteiger partial charge in [-0.25, -0.2) is 0 Å². The molecular weight excluding hydrogens is 332 g/mol. The maximum absolute atomic E-state index is 11.3. The van der Waals surface area contributed by atoms with Crippen molar-refractivity contribution >= 4 is 11.8 Å². The second kappa shape index (κ2) is 18.6. The molecule has 0 aromatic heterocycles. The Morgan fingerprint density at radius 2 is 1.23 bits per heavy atom. The Bertz CT molecular complexity index is 351. The van der Waals surface area contributed by atoms with Crippen LogP contribution in [0.25, 0.3) is 0 Å². The highest BCUT2D eigenvalue weighted by Gasteiger charge is 2.04. The molecule has 5 N–H and O–H groups in total. The number of carbonyl (C=O) groups is 2. The Morgan fingerprint density at radius 1 is 0.769 bits per heavy atom. The Labute approximate surface area is 158 Å². The van der Waals surface area contributed by atoms with E-state index in [0.717, 1.165) is 51.4 Å². The summed E-state index contributed by atoms with van der Waals surface area (Å²) in [4.78, 5) is 21.9. The van der Waals surface area contributed by atoms with E-state index in [0.29, 0.717) is 19.4 Å². The molecule has 0 aliphatic heterocycles. The second-order valence-electron chi connectivity index (χ2n) is 7.16. The van der Waals surface area contributed by atoms with E-state index in [1.54, 1.807) is 0 Å². The molecule has 0 rings (SSSR count). The highest BCUT2D eigenvalue weighted by atomic mass is 16.3. The van der Waals surface area contributed by atoms with E-state index in [9.17, 15) is 14.7 Å². The van der Waals surface area contributed by atoms with Gasteiger partial charge in [0.1, 0.15) is 0 Å². The normalized spacial score (nSPS) is 12.1. The van der Waals surface area contributed by atoms with Crippen LogP contribution in [-0.2, 0) is 9.59 Å². The number of primary amides is 1. The first-order valence-electron chi connectivity index (χ1n) is 10.4. The zero-order chi connectivity index (χ0) is 19.5. The van der Waals surface area contributed by atoms with E-state index < -0.39 is 0 Å². The van der Waals surface area contributed by atoms with E-state index in [-0.39, 0.29) is 24.5 Å². The molecule has 0 fully saturated rings. The van der Waals surface area contributed by atoms with Gasteiger partial charge in [0.25, 0.3) is 0 Å². The molecular formula is C20H40N2O4. The zero-order valence-electron chi connectivity index (χ0n) is 16.4. The maximum atomic E-state index is 11.3. The van der Waals surface area contributed by atoms with Gasteiger partial charge in [0.05, 0.1) is 12.7 Å². The number of unbranched alkanes of at least 4 members (excludes halogenated alkanes) is 9. The van der Waals surface area contributed by atoms with Crippen molar-refractivity contribution < 1.29 is 19.8 Å². The lowest BCUT2D eigenvalue weighted by molar-refractivity contribution is -0.121. The number of amides is 2. The zero-order valence-corrected chi connectivity index (χ0v) is 16.4. The Balaban J connectivity index is 3.23. The fourth-order valence-electron chi connectivity index (χ4n) is 3.01. The third kappa shape index (κ3) is 19.2. The van der Waals surface area contributed by atoms with Crippen LogP contribution in [0.4, 0.5) is 0 Å². The summed E-state index contributed by atoms with van der Waals surface area (Å²) in [6.45, 7) is 0.350. The molecule has 0 radical (unpaired) electrons. The molecule has 6 heteroatoms. The molecule has 0 bridgehead atoms. The van der Waals surface area contributed by atoms with Gasteiger partial charge in [-0.05, 0) is 25.7 Å². The lowest BCUT2D eigenvalue weighted by Crippen LogP contribution is -2.25. The summed E-state index contributed by atoms with van der Waals surface area (Å²) >= 11 is 0. The molecule has 0 saturated carbocycles. The van der Waals surface area contributed by atoms with Crippen LogP contribution in [0.2, 0.25) is 0 Å². The Kier molecular flexibility index (Phi) is 17.8. The average molecular weight is 373 g/mol. The van der Waals surface area contributed by atoms with Gasteiger partial charge in [-0.2, -0.15) is 0 Å². The minimum Gasteiger partial charge on any atom is -0.395 e. The van der Waals surface area contributed by atoms with Crippen LogP contribution < -0.4 is 11.1 Å². The van der Waals surface area contributed by atoms with Crippen molar-refractivity contribution in [3.63, 3.8) is 0 Å². The van der Waals surface area contributed by atoms with Crippen molar-refractivity contribution in [2.75, 3.05) is 13.2 Å². The summed E-state index contributed by atoms with van der Waals surface area (Å²) in [6.07, 6.45) is 14.3. The summed E-state index contributed by atoms with van der Waals surface area (Å²) in [5.74, 6) is -0.209. The van der Waals surface area contributed by atoms with Crippen LogP contribution in [0, 0.1) is 0 Å². The molecule has 0 spiro atoms. The summed E-state index contributed by atoms with van der Waals surface area (Å²) in [7, 11) is 0. The lowest BCUT2D eigenvalue weighted by Gasteiger charge is -2.10. The molecule has 1 unspecified atom stereocenters. The largest absolute Gasteiger partial charge is 0.395 e. The molecule has 2 amide bonds. The Morgan fingerprint density at radius 3 is 1.77 bits per heavy atom. The number of nitrogens with two attached hydrogens (primary N) is 1. The van der Waals surface area contributed by atoms with E-state index in [4.69, 9.17) is 10.8 Å². The van der Waals surface area contributed by atoms with Crippen LogP contribution in [-0.4, -0.2) is 41.3 Å². The number of hydrogen-bond donors (Lipinski definition) is 4. The monoisotopic (exact) mass is 372 g/mol. The standard InChI is InChI=1S/C20H40N2O4/c21-19(25)14-10-7-9-13-18(24)12-8-5-3-1-2-4-6-11-15-20(26)22-16-17-23/h18,23-24H,1-17H2,(H2,21,25)(H,22,26). The molecule has 0 saturated heterocycles.